The van der Waals surface area contributed by atoms with Crippen LogP contribution in [0.25, 0.3) is 0 Å². The zero-order valence-corrected chi connectivity index (χ0v) is 19.5. The van der Waals surface area contributed by atoms with Crippen LogP contribution in [0.15, 0.2) is 24.3 Å². The molecule has 7 nitrogen and oxygen atoms in total. The summed E-state index contributed by atoms with van der Waals surface area (Å²) in [6, 6.07) is 6.94. The number of fused-ring (bicyclic) bond motifs is 1. The van der Waals surface area contributed by atoms with E-state index >= 15 is 0 Å². The zero-order valence-electron chi connectivity index (χ0n) is 19.5. The number of amides is 1. The third kappa shape index (κ3) is 4.82. The monoisotopic (exact) mass is 455 g/mol. The van der Waals surface area contributed by atoms with Gasteiger partial charge in [0.1, 0.15) is 17.5 Å². The highest BCUT2D eigenvalue weighted by Crippen LogP contribution is 2.44. The van der Waals surface area contributed by atoms with E-state index in [-0.39, 0.29) is 23.7 Å². The van der Waals surface area contributed by atoms with E-state index in [9.17, 15) is 9.18 Å². The van der Waals surface area contributed by atoms with Gasteiger partial charge in [0.25, 0.3) is 0 Å². The molecule has 3 heterocycles. The first kappa shape index (κ1) is 22.5. The second-order valence-electron chi connectivity index (χ2n) is 10.0. The summed E-state index contributed by atoms with van der Waals surface area (Å²) in [5.41, 5.74) is 0.834. The molecular formula is C25H34FN5O2. The number of carbonyl (C=O) groups is 1. The SMILES string of the molecule is Cc1nnc(C)n1C1C[C@@H]2CN(CC[C@H](NC(=O)C3CCOC3)c3cccc(F)c3)C[C@@H]2C1. The lowest BCUT2D eigenvalue weighted by Gasteiger charge is -2.25. The molecule has 1 aromatic heterocycles. The smallest absolute Gasteiger partial charge is 0.226 e. The number of halogens is 1. The van der Waals surface area contributed by atoms with Crippen LogP contribution >= 0.6 is 0 Å². The van der Waals surface area contributed by atoms with Crippen molar-refractivity contribution in [3.05, 3.63) is 47.3 Å². The maximum atomic E-state index is 13.9. The number of nitrogens with one attached hydrogen (secondary N) is 1. The fourth-order valence-corrected chi connectivity index (χ4v) is 6.15. The second-order valence-corrected chi connectivity index (χ2v) is 10.0. The first-order chi connectivity index (χ1) is 16.0. The molecule has 178 valence electrons. The number of ether oxygens (including phenoxy) is 1. The first-order valence-corrected chi connectivity index (χ1v) is 12.2. The van der Waals surface area contributed by atoms with Crippen molar-refractivity contribution in [3.63, 3.8) is 0 Å². The van der Waals surface area contributed by atoms with Gasteiger partial charge in [-0.3, -0.25) is 4.79 Å². The lowest BCUT2D eigenvalue weighted by atomic mass is 10.0. The van der Waals surface area contributed by atoms with E-state index in [1.54, 1.807) is 12.1 Å². The number of carbonyl (C=O) groups excluding carboxylic acids is 1. The summed E-state index contributed by atoms with van der Waals surface area (Å²) in [6.45, 7) is 8.25. The topological polar surface area (TPSA) is 72.3 Å². The Kier molecular flexibility index (Phi) is 6.47. The van der Waals surface area contributed by atoms with Crippen molar-refractivity contribution in [3.8, 4) is 0 Å². The Hall–Kier alpha value is -2.32. The van der Waals surface area contributed by atoms with Crippen LogP contribution in [-0.2, 0) is 9.53 Å². The van der Waals surface area contributed by atoms with Crippen molar-refractivity contribution in [1.29, 1.82) is 0 Å². The standard InChI is InChI=1S/C25H34FN5O2/c1-16-28-29-17(2)31(16)23-11-20-13-30(14-21(20)12-23)8-6-24(18-4-3-5-22(26)10-18)27-25(32)19-7-9-33-15-19/h3-5,10,19-21,23-24H,6-9,11-15H2,1-2H3,(H,27,32)/t19?,20-,21+,23?,24-/m0/s1. The lowest BCUT2D eigenvalue weighted by Crippen LogP contribution is -2.36. The van der Waals surface area contributed by atoms with Crippen molar-refractivity contribution < 1.29 is 13.9 Å². The molecular weight excluding hydrogens is 421 g/mol. The maximum absolute atomic E-state index is 13.9. The fraction of sp³-hybridized carbons (Fsp3) is 0.640. The van der Waals surface area contributed by atoms with Gasteiger partial charge < -0.3 is 19.5 Å². The molecule has 1 amide bonds. The van der Waals surface area contributed by atoms with Gasteiger partial charge in [0.05, 0.1) is 18.6 Å². The number of hydrogen-bond acceptors (Lipinski definition) is 5. The van der Waals surface area contributed by atoms with E-state index in [1.165, 1.54) is 18.9 Å². The molecule has 33 heavy (non-hydrogen) atoms. The molecule has 2 aromatic rings. The minimum absolute atomic E-state index is 0.0163. The number of rotatable bonds is 7. The molecule has 5 atom stereocenters. The fourth-order valence-electron chi connectivity index (χ4n) is 6.15. The summed E-state index contributed by atoms with van der Waals surface area (Å²) < 4.78 is 21.6. The summed E-state index contributed by atoms with van der Waals surface area (Å²) in [4.78, 5) is 15.3. The van der Waals surface area contributed by atoms with Crippen LogP contribution in [0.2, 0.25) is 0 Å². The van der Waals surface area contributed by atoms with Crippen LogP contribution in [0.5, 0.6) is 0 Å². The van der Waals surface area contributed by atoms with Gasteiger partial charge in [-0.25, -0.2) is 4.39 Å². The van der Waals surface area contributed by atoms with E-state index in [1.807, 2.05) is 19.9 Å². The van der Waals surface area contributed by atoms with Gasteiger partial charge in [0.2, 0.25) is 5.91 Å². The Morgan fingerprint density at radius 2 is 1.94 bits per heavy atom. The molecule has 0 radical (unpaired) electrons. The molecule has 0 bridgehead atoms. The Bertz CT molecular complexity index is 955. The highest BCUT2D eigenvalue weighted by molar-refractivity contribution is 5.79. The average molecular weight is 456 g/mol. The number of aromatic nitrogens is 3. The van der Waals surface area contributed by atoms with Gasteiger partial charge in [-0.2, -0.15) is 0 Å². The van der Waals surface area contributed by atoms with E-state index in [4.69, 9.17) is 4.74 Å². The van der Waals surface area contributed by atoms with E-state index in [2.05, 4.69) is 25.0 Å². The highest BCUT2D eigenvalue weighted by atomic mass is 19.1. The largest absolute Gasteiger partial charge is 0.381 e. The Morgan fingerprint density at radius 3 is 2.58 bits per heavy atom. The minimum Gasteiger partial charge on any atom is -0.381 e. The summed E-state index contributed by atoms with van der Waals surface area (Å²) in [6.07, 6.45) is 3.87. The lowest BCUT2D eigenvalue weighted by molar-refractivity contribution is -0.125. The van der Waals surface area contributed by atoms with Crippen LogP contribution < -0.4 is 5.32 Å². The molecule has 5 rings (SSSR count). The molecule has 1 aromatic carbocycles. The van der Waals surface area contributed by atoms with Crippen molar-refractivity contribution in [2.75, 3.05) is 32.8 Å². The van der Waals surface area contributed by atoms with Gasteiger partial charge in [0.15, 0.2) is 0 Å². The minimum atomic E-state index is -0.266. The van der Waals surface area contributed by atoms with Crippen molar-refractivity contribution in [2.24, 2.45) is 17.8 Å². The van der Waals surface area contributed by atoms with Gasteiger partial charge in [-0.1, -0.05) is 12.1 Å². The molecule has 8 heteroatoms. The van der Waals surface area contributed by atoms with E-state index in [0.29, 0.717) is 31.1 Å². The van der Waals surface area contributed by atoms with E-state index in [0.717, 1.165) is 49.7 Å². The summed E-state index contributed by atoms with van der Waals surface area (Å²) in [5.74, 6) is 3.04. The molecule has 1 aliphatic carbocycles. The predicted octanol–water partition coefficient (Wildman–Crippen LogP) is 3.20. The number of hydrogen-bond donors (Lipinski definition) is 1. The summed E-state index contributed by atoms with van der Waals surface area (Å²) in [7, 11) is 0. The van der Waals surface area contributed by atoms with Gasteiger partial charge in [0, 0.05) is 32.3 Å². The Labute approximate surface area is 194 Å². The molecule has 2 unspecified atom stereocenters. The van der Waals surface area contributed by atoms with E-state index < -0.39 is 0 Å². The third-order valence-electron chi connectivity index (χ3n) is 7.81. The molecule has 3 aliphatic rings. The van der Waals surface area contributed by atoms with Crippen LogP contribution in [0.1, 0.15) is 55.0 Å². The molecule has 3 fully saturated rings. The first-order valence-electron chi connectivity index (χ1n) is 12.2. The number of benzene rings is 1. The number of likely N-dealkylation sites (tertiary alicyclic amines) is 1. The van der Waals surface area contributed by atoms with Gasteiger partial charge >= 0.3 is 0 Å². The highest BCUT2D eigenvalue weighted by Gasteiger charge is 2.42. The van der Waals surface area contributed by atoms with Crippen LogP contribution in [0, 0.1) is 37.4 Å². The maximum Gasteiger partial charge on any atom is 0.226 e. The van der Waals surface area contributed by atoms with Crippen LogP contribution in [0.3, 0.4) is 0 Å². The summed E-state index contributed by atoms with van der Waals surface area (Å²) >= 11 is 0. The quantitative estimate of drug-likeness (QED) is 0.694. The van der Waals surface area contributed by atoms with Crippen LogP contribution in [-0.4, -0.2) is 58.4 Å². The number of aryl methyl sites for hydroxylation is 2. The molecule has 0 spiro atoms. The number of nitrogens with zero attached hydrogens (tertiary/aromatic N) is 4. The van der Waals surface area contributed by atoms with Gasteiger partial charge in [-0.05, 0) is 69.1 Å². The third-order valence-corrected chi connectivity index (χ3v) is 7.81. The Balaban J connectivity index is 1.19. The van der Waals surface area contributed by atoms with Gasteiger partial charge in [-0.15, -0.1) is 10.2 Å². The Morgan fingerprint density at radius 1 is 1.21 bits per heavy atom. The molecule has 1 N–H and O–H groups in total. The van der Waals surface area contributed by atoms with Crippen LogP contribution in [0.4, 0.5) is 4.39 Å². The summed E-state index contributed by atoms with van der Waals surface area (Å²) in [5, 5.41) is 11.7. The normalized spacial score (nSPS) is 28.2. The molecule has 2 aliphatic heterocycles. The average Bonchev–Trinajstić information content (AvgIpc) is 3.56. The molecule has 2 saturated heterocycles. The zero-order chi connectivity index (χ0) is 22.9. The van der Waals surface area contributed by atoms with Crippen molar-refractivity contribution in [1.82, 2.24) is 25.0 Å². The predicted molar refractivity (Wildman–Crippen MR) is 122 cm³/mol. The second kappa shape index (κ2) is 9.50. The molecule has 1 saturated carbocycles. The van der Waals surface area contributed by atoms with Crippen molar-refractivity contribution >= 4 is 5.91 Å². The van der Waals surface area contributed by atoms with Crippen molar-refractivity contribution in [2.45, 2.75) is 51.6 Å².